The maximum atomic E-state index is 13.2. The number of nitrogens with zero attached hydrogens (tertiary/aromatic N) is 2. The van der Waals surface area contributed by atoms with Crippen molar-refractivity contribution in [3.8, 4) is 0 Å². The summed E-state index contributed by atoms with van der Waals surface area (Å²) >= 11 is 3.00. The van der Waals surface area contributed by atoms with Crippen molar-refractivity contribution >= 4 is 50.0 Å². The summed E-state index contributed by atoms with van der Waals surface area (Å²) in [5.41, 5.74) is 0. The van der Waals surface area contributed by atoms with E-state index < -0.39 is 23.4 Å². The lowest BCUT2D eigenvalue weighted by atomic mass is 10.00. The first-order chi connectivity index (χ1) is 14.6. The maximum Gasteiger partial charge on any atom is 0.215 e. The Morgan fingerprint density at radius 3 is 1.40 bits per heavy atom. The van der Waals surface area contributed by atoms with Gasteiger partial charge in [0.2, 0.25) is 11.6 Å². The number of piperidine rings is 2. The minimum absolute atomic E-state index is 0.246. The fourth-order valence-corrected chi connectivity index (χ4v) is 7.14. The van der Waals surface area contributed by atoms with Crippen LogP contribution in [0.3, 0.4) is 0 Å². The molecule has 1 saturated carbocycles. The molecule has 3 aliphatic rings. The van der Waals surface area contributed by atoms with Gasteiger partial charge in [-0.05, 0) is 62.8 Å². The van der Waals surface area contributed by atoms with Gasteiger partial charge in [-0.1, -0.05) is 0 Å². The molecule has 0 spiro atoms. The lowest BCUT2D eigenvalue weighted by Gasteiger charge is -2.27. The molecular formula is C23H26N2O3S2. The summed E-state index contributed by atoms with van der Waals surface area (Å²) in [6.07, 6.45) is 7.20. The normalized spacial score (nSPS) is 25.4. The topological polar surface area (TPSA) is 57.7 Å². The van der Waals surface area contributed by atoms with Gasteiger partial charge in [-0.3, -0.25) is 14.4 Å². The third-order valence-electron chi connectivity index (χ3n) is 6.47. The van der Waals surface area contributed by atoms with Crippen LogP contribution in [0.4, 0.5) is 10.0 Å². The second-order valence-corrected chi connectivity index (χ2v) is 10.6. The molecular weight excluding hydrogens is 416 g/mol. The van der Waals surface area contributed by atoms with Crippen LogP contribution in [0.5, 0.6) is 0 Å². The first-order valence-corrected chi connectivity index (χ1v) is 12.6. The minimum atomic E-state index is -0.924. The number of hydrogen-bond acceptors (Lipinski definition) is 7. The molecule has 7 heteroatoms. The highest BCUT2D eigenvalue weighted by molar-refractivity contribution is 7.17. The summed E-state index contributed by atoms with van der Waals surface area (Å²) in [6, 6.07) is 7.75. The zero-order valence-electron chi connectivity index (χ0n) is 17.0. The van der Waals surface area contributed by atoms with Crippen LogP contribution in [0.25, 0.3) is 0 Å². The van der Waals surface area contributed by atoms with E-state index in [1.165, 1.54) is 61.2 Å². The predicted molar refractivity (Wildman–Crippen MR) is 121 cm³/mol. The van der Waals surface area contributed by atoms with Gasteiger partial charge in [0.25, 0.3) is 0 Å². The van der Waals surface area contributed by atoms with E-state index in [0.29, 0.717) is 9.75 Å². The number of thiophene rings is 2. The second kappa shape index (κ2) is 8.27. The smallest absolute Gasteiger partial charge is 0.215 e. The van der Waals surface area contributed by atoms with Crippen LogP contribution in [0, 0.1) is 0 Å². The van der Waals surface area contributed by atoms with Crippen LogP contribution >= 0.6 is 22.7 Å². The van der Waals surface area contributed by atoms with Crippen molar-refractivity contribution < 1.29 is 14.4 Å². The molecule has 1 aliphatic carbocycles. The van der Waals surface area contributed by atoms with Crippen LogP contribution in [-0.2, 0) is 14.4 Å². The van der Waals surface area contributed by atoms with E-state index in [1.54, 1.807) is 0 Å². The summed E-state index contributed by atoms with van der Waals surface area (Å²) in [5.74, 6) is -3.17. The summed E-state index contributed by atoms with van der Waals surface area (Å²) in [6.45, 7) is 4.07. The Labute approximate surface area is 184 Å². The van der Waals surface area contributed by atoms with Gasteiger partial charge in [-0.2, -0.15) is 0 Å². The van der Waals surface area contributed by atoms with E-state index in [4.69, 9.17) is 0 Å². The summed E-state index contributed by atoms with van der Waals surface area (Å²) < 4.78 is 0. The molecule has 2 atom stereocenters. The fraction of sp³-hybridized carbons (Fsp3) is 0.522. The molecule has 2 saturated heterocycles. The van der Waals surface area contributed by atoms with Gasteiger partial charge < -0.3 is 9.80 Å². The van der Waals surface area contributed by atoms with Crippen LogP contribution in [0.1, 0.15) is 60.1 Å². The third kappa shape index (κ3) is 3.52. The van der Waals surface area contributed by atoms with Crippen molar-refractivity contribution in [2.24, 2.45) is 0 Å². The lowest BCUT2D eigenvalue weighted by Crippen LogP contribution is -2.28. The van der Waals surface area contributed by atoms with E-state index in [9.17, 15) is 14.4 Å². The van der Waals surface area contributed by atoms with Gasteiger partial charge in [-0.25, -0.2) is 0 Å². The monoisotopic (exact) mass is 442 g/mol. The average molecular weight is 443 g/mol. The minimum Gasteiger partial charge on any atom is -0.363 e. The predicted octanol–water partition coefficient (Wildman–Crippen LogP) is 4.38. The standard InChI is InChI=1S/C23H26N2O3S2/c26-21-19(15-7-9-17(29-15)24-11-3-1-4-12-24)22(27)23(28)20(21)16-8-10-18(30-16)25-13-5-2-6-14-25/h7-10,19-20H,1-6,11-14H2. The van der Waals surface area contributed by atoms with E-state index >= 15 is 0 Å². The molecule has 2 aliphatic heterocycles. The molecule has 158 valence electrons. The van der Waals surface area contributed by atoms with Crippen molar-refractivity contribution in [3.05, 3.63) is 34.0 Å². The molecule has 0 amide bonds. The molecule has 3 fully saturated rings. The molecule has 2 aromatic rings. The zero-order chi connectivity index (χ0) is 20.7. The van der Waals surface area contributed by atoms with Gasteiger partial charge in [0.15, 0.2) is 5.78 Å². The summed E-state index contributed by atoms with van der Waals surface area (Å²) in [7, 11) is 0. The highest BCUT2D eigenvalue weighted by atomic mass is 32.1. The van der Waals surface area contributed by atoms with Crippen molar-refractivity contribution in [2.45, 2.75) is 50.4 Å². The average Bonchev–Trinajstić information content (AvgIpc) is 3.49. The van der Waals surface area contributed by atoms with Gasteiger partial charge in [0.1, 0.15) is 11.8 Å². The van der Waals surface area contributed by atoms with E-state index in [2.05, 4.69) is 9.80 Å². The summed E-state index contributed by atoms with van der Waals surface area (Å²) in [4.78, 5) is 44.9. The SMILES string of the molecule is O=C1C(=O)C(c2ccc(N3CCCCC3)s2)C(=O)C1c1ccc(N2CCCCC2)s1. The molecule has 0 aromatic carbocycles. The number of hydrogen-bond donors (Lipinski definition) is 0. The highest BCUT2D eigenvalue weighted by Crippen LogP contribution is 2.43. The number of anilines is 2. The van der Waals surface area contributed by atoms with E-state index in [0.717, 1.165) is 36.2 Å². The Morgan fingerprint density at radius 2 is 1.00 bits per heavy atom. The Hall–Kier alpha value is -1.99. The molecule has 0 bridgehead atoms. The Balaban J connectivity index is 1.37. The zero-order valence-corrected chi connectivity index (χ0v) is 18.6. The van der Waals surface area contributed by atoms with Crippen molar-refractivity contribution in [1.82, 2.24) is 0 Å². The van der Waals surface area contributed by atoms with Crippen molar-refractivity contribution in [2.75, 3.05) is 36.0 Å². The molecule has 0 N–H and O–H groups in total. The first kappa shape index (κ1) is 19.9. The third-order valence-corrected chi connectivity index (χ3v) is 8.89. The van der Waals surface area contributed by atoms with Gasteiger partial charge in [0.05, 0.1) is 10.0 Å². The fourth-order valence-electron chi connectivity index (χ4n) is 4.81. The lowest BCUT2D eigenvalue weighted by molar-refractivity contribution is -0.135. The van der Waals surface area contributed by atoms with Gasteiger partial charge in [0, 0.05) is 35.9 Å². The number of rotatable bonds is 4. The Morgan fingerprint density at radius 1 is 0.600 bits per heavy atom. The number of Topliss-reactive ketones (excluding diaryl/α,β-unsaturated/α-hetero) is 3. The second-order valence-electron chi connectivity index (χ2n) is 8.44. The Bertz CT molecular complexity index is 891. The largest absolute Gasteiger partial charge is 0.363 e. The van der Waals surface area contributed by atoms with E-state index in [-0.39, 0.29) is 5.78 Å². The quantitative estimate of drug-likeness (QED) is 0.520. The number of carbonyl (C=O) groups excluding carboxylic acids is 3. The van der Waals surface area contributed by atoms with Gasteiger partial charge in [-0.15, -0.1) is 22.7 Å². The number of ketones is 3. The van der Waals surface area contributed by atoms with Crippen LogP contribution in [0.15, 0.2) is 24.3 Å². The van der Waals surface area contributed by atoms with Crippen LogP contribution < -0.4 is 9.80 Å². The Kier molecular flexibility index (Phi) is 5.50. The van der Waals surface area contributed by atoms with E-state index in [1.807, 2.05) is 24.3 Å². The molecule has 5 nitrogen and oxygen atoms in total. The molecule has 30 heavy (non-hydrogen) atoms. The van der Waals surface area contributed by atoms with Crippen LogP contribution in [0.2, 0.25) is 0 Å². The van der Waals surface area contributed by atoms with Crippen molar-refractivity contribution in [1.29, 1.82) is 0 Å². The molecule has 5 rings (SSSR count). The van der Waals surface area contributed by atoms with Crippen LogP contribution in [-0.4, -0.2) is 43.5 Å². The van der Waals surface area contributed by atoms with Gasteiger partial charge >= 0.3 is 0 Å². The number of carbonyl (C=O) groups is 3. The summed E-state index contributed by atoms with van der Waals surface area (Å²) in [5, 5.41) is 2.20. The van der Waals surface area contributed by atoms with Crippen molar-refractivity contribution in [3.63, 3.8) is 0 Å². The molecule has 2 aromatic heterocycles. The first-order valence-electron chi connectivity index (χ1n) is 10.9. The highest BCUT2D eigenvalue weighted by Gasteiger charge is 2.51. The maximum absolute atomic E-state index is 13.2. The molecule has 2 unspecified atom stereocenters. The molecule has 0 radical (unpaired) electrons. The molecule has 4 heterocycles.